The molecule has 0 aromatic heterocycles. The van der Waals surface area contributed by atoms with Crippen LogP contribution in [0.25, 0.3) is 0 Å². The smallest absolute Gasteiger partial charge is 0.238 e. The minimum absolute atomic E-state index is 0.0409. The second-order valence-corrected chi connectivity index (χ2v) is 4.87. The van der Waals surface area contributed by atoms with E-state index < -0.39 is 0 Å². The molecule has 0 unspecified atom stereocenters. The van der Waals surface area contributed by atoms with Crippen molar-refractivity contribution in [3.05, 3.63) is 29.8 Å². The Bertz CT molecular complexity index is 415. The van der Waals surface area contributed by atoms with E-state index in [1.807, 2.05) is 29.2 Å². The number of nitrogens with one attached hydrogen (secondary N) is 1. The van der Waals surface area contributed by atoms with Crippen LogP contribution in [0.3, 0.4) is 0 Å². The maximum Gasteiger partial charge on any atom is 0.238 e. The third-order valence-corrected chi connectivity index (χ3v) is 3.27. The summed E-state index contributed by atoms with van der Waals surface area (Å²) in [5, 5.41) is 11.9. The first-order valence-electron chi connectivity index (χ1n) is 6.66. The minimum Gasteiger partial charge on any atom is -0.395 e. The van der Waals surface area contributed by atoms with Gasteiger partial charge in [-0.1, -0.05) is 12.1 Å². The summed E-state index contributed by atoms with van der Waals surface area (Å²) in [7, 11) is 0. The Balaban J connectivity index is 1.85. The Labute approximate surface area is 113 Å². The fourth-order valence-corrected chi connectivity index (χ4v) is 2.07. The van der Waals surface area contributed by atoms with Crippen molar-refractivity contribution in [2.24, 2.45) is 5.73 Å². The third-order valence-electron chi connectivity index (χ3n) is 3.27. The van der Waals surface area contributed by atoms with Crippen LogP contribution in [0.2, 0.25) is 0 Å². The van der Waals surface area contributed by atoms with Crippen LogP contribution in [0.1, 0.15) is 18.4 Å². The number of rotatable bonds is 7. The number of carbonyl (C=O) groups excluding carboxylic acids is 1. The second-order valence-electron chi connectivity index (χ2n) is 4.87. The molecule has 1 aromatic carbocycles. The monoisotopic (exact) mass is 263 g/mol. The van der Waals surface area contributed by atoms with Gasteiger partial charge in [-0.25, -0.2) is 0 Å². The highest BCUT2D eigenvalue weighted by atomic mass is 16.3. The molecule has 1 aromatic rings. The van der Waals surface area contributed by atoms with Crippen LogP contribution in [0.15, 0.2) is 24.3 Å². The van der Waals surface area contributed by atoms with Crippen molar-refractivity contribution in [1.82, 2.24) is 4.90 Å². The van der Waals surface area contributed by atoms with Gasteiger partial charge in [-0.15, -0.1) is 0 Å². The molecule has 1 fully saturated rings. The van der Waals surface area contributed by atoms with Crippen LogP contribution in [0.5, 0.6) is 0 Å². The van der Waals surface area contributed by atoms with Crippen LogP contribution in [0.4, 0.5) is 5.69 Å². The van der Waals surface area contributed by atoms with Gasteiger partial charge in [0.2, 0.25) is 5.91 Å². The van der Waals surface area contributed by atoms with Crippen molar-refractivity contribution >= 4 is 11.6 Å². The first kappa shape index (κ1) is 14.0. The van der Waals surface area contributed by atoms with Gasteiger partial charge in [-0.3, -0.25) is 9.69 Å². The standard InChI is InChI=1S/C14H21N3O2/c15-9-11-1-3-12(4-2-11)16-14(19)10-17(7-8-18)13-5-6-13/h1-4,13,18H,5-10,15H2,(H,16,19). The SMILES string of the molecule is NCc1ccc(NC(=O)CN(CCO)C2CC2)cc1. The summed E-state index contributed by atoms with van der Waals surface area (Å²) in [6.07, 6.45) is 2.25. The molecule has 1 aliphatic rings. The van der Waals surface area contributed by atoms with Crippen molar-refractivity contribution < 1.29 is 9.90 Å². The number of hydrogen-bond donors (Lipinski definition) is 3. The lowest BCUT2D eigenvalue weighted by atomic mass is 10.2. The van der Waals surface area contributed by atoms with Crippen molar-refractivity contribution in [2.75, 3.05) is 25.0 Å². The predicted octanol–water partition coefficient (Wildman–Crippen LogP) is 0.540. The molecule has 0 aliphatic heterocycles. The summed E-state index contributed by atoms with van der Waals surface area (Å²) in [6.45, 7) is 1.49. The molecule has 0 spiro atoms. The topological polar surface area (TPSA) is 78.6 Å². The molecule has 5 heteroatoms. The average molecular weight is 263 g/mol. The van der Waals surface area contributed by atoms with Gasteiger partial charge in [0.1, 0.15) is 0 Å². The largest absolute Gasteiger partial charge is 0.395 e. The van der Waals surface area contributed by atoms with E-state index >= 15 is 0 Å². The molecule has 19 heavy (non-hydrogen) atoms. The first-order valence-corrected chi connectivity index (χ1v) is 6.66. The summed E-state index contributed by atoms with van der Waals surface area (Å²) in [5.74, 6) is -0.0409. The Kier molecular flexibility index (Phi) is 4.90. The molecule has 2 rings (SSSR count). The third kappa shape index (κ3) is 4.31. The molecule has 4 N–H and O–H groups in total. The zero-order valence-corrected chi connectivity index (χ0v) is 11.0. The fourth-order valence-electron chi connectivity index (χ4n) is 2.07. The van der Waals surface area contributed by atoms with Gasteiger partial charge in [0.25, 0.3) is 0 Å². The summed E-state index contributed by atoms with van der Waals surface area (Å²) < 4.78 is 0. The van der Waals surface area contributed by atoms with E-state index in [0.717, 1.165) is 24.1 Å². The van der Waals surface area contributed by atoms with Gasteiger partial charge in [-0.2, -0.15) is 0 Å². The second kappa shape index (κ2) is 6.65. The van der Waals surface area contributed by atoms with E-state index in [0.29, 0.717) is 25.7 Å². The summed E-state index contributed by atoms with van der Waals surface area (Å²) in [5.41, 5.74) is 7.34. The molecule has 1 amide bonds. The van der Waals surface area contributed by atoms with E-state index in [4.69, 9.17) is 10.8 Å². The van der Waals surface area contributed by atoms with Crippen LogP contribution >= 0.6 is 0 Å². The van der Waals surface area contributed by atoms with Crippen LogP contribution < -0.4 is 11.1 Å². The predicted molar refractivity (Wildman–Crippen MR) is 74.6 cm³/mol. The number of aliphatic hydroxyl groups is 1. The molecule has 0 bridgehead atoms. The lowest BCUT2D eigenvalue weighted by Crippen LogP contribution is -2.36. The number of hydrogen-bond acceptors (Lipinski definition) is 4. The van der Waals surface area contributed by atoms with Crippen molar-refractivity contribution in [2.45, 2.75) is 25.4 Å². The maximum absolute atomic E-state index is 11.9. The normalized spacial score (nSPS) is 14.7. The van der Waals surface area contributed by atoms with Crippen LogP contribution in [0, 0.1) is 0 Å². The molecular weight excluding hydrogens is 242 g/mol. The van der Waals surface area contributed by atoms with Gasteiger partial charge in [0.15, 0.2) is 0 Å². The number of aliphatic hydroxyl groups excluding tert-OH is 1. The zero-order valence-electron chi connectivity index (χ0n) is 11.0. The van der Waals surface area contributed by atoms with Crippen LogP contribution in [-0.2, 0) is 11.3 Å². The van der Waals surface area contributed by atoms with Crippen LogP contribution in [-0.4, -0.2) is 41.7 Å². The highest BCUT2D eigenvalue weighted by Crippen LogP contribution is 2.26. The van der Waals surface area contributed by atoms with E-state index in [2.05, 4.69) is 5.32 Å². The first-order chi connectivity index (χ1) is 9.22. The lowest BCUT2D eigenvalue weighted by Gasteiger charge is -2.20. The van der Waals surface area contributed by atoms with Gasteiger partial charge < -0.3 is 16.2 Å². The van der Waals surface area contributed by atoms with Gasteiger partial charge >= 0.3 is 0 Å². The quantitative estimate of drug-likeness (QED) is 0.671. The molecule has 5 nitrogen and oxygen atoms in total. The molecule has 0 saturated heterocycles. The molecule has 104 valence electrons. The van der Waals surface area contributed by atoms with Gasteiger partial charge in [-0.05, 0) is 30.5 Å². The summed E-state index contributed by atoms with van der Waals surface area (Å²) in [4.78, 5) is 14.0. The Morgan fingerprint density at radius 3 is 2.58 bits per heavy atom. The van der Waals surface area contributed by atoms with Crippen molar-refractivity contribution in [3.63, 3.8) is 0 Å². The average Bonchev–Trinajstić information content (AvgIpc) is 3.23. The molecule has 0 atom stereocenters. The molecule has 0 heterocycles. The number of carbonyl (C=O) groups is 1. The van der Waals surface area contributed by atoms with E-state index in [-0.39, 0.29) is 12.5 Å². The maximum atomic E-state index is 11.9. The van der Waals surface area contributed by atoms with Gasteiger partial charge in [0.05, 0.1) is 13.2 Å². The Hall–Kier alpha value is -1.43. The minimum atomic E-state index is -0.0409. The van der Waals surface area contributed by atoms with E-state index in [1.165, 1.54) is 0 Å². The lowest BCUT2D eigenvalue weighted by molar-refractivity contribution is -0.117. The molecule has 0 radical (unpaired) electrons. The number of anilines is 1. The van der Waals surface area contributed by atoms with Crippen molar-refractivity contribution in [1.29, 1.82) is 0 Å². The number of nitrogens with two attached hydrogens (primary N) is 1. The highest BCUT2D eigenvalue weighted by Gasteiger charge is 2.29. The molecular formula is C14H21N3O2. The molecule has 1 saturated carbocycles. The Morgan fingerprint density at radius 2 is 2.05 bits per heavy atom. The summed E-state index contributed by atoms with van der Waals surface area (Å²) >= 11 is 0. The Morgan fingerprint density at radius 1 is 1.37 bits per heavy atom. The van der Waals surface area contributed by atoms with Crippen molar-refractivity contribution in [3.8, 4) is 0 Å². The van der Waals surface area contributed by atoms with E-state index in [1.54, 1.807) is 0 Å². The zero-order chi connectivity index (χ0) is 13.7. The number of amides is 1. The van der Waals surface area contributed by atoms with Gasteiger partial charge in [0, 0.05) is 24.8 Å². The number of benzene rings is 1. The fraction of sp³-hybridized carbons (Fsp3) is 0.500. The highest BCUT2D eigenvalue weighted by molar-refractivity contribution is 5.92. The molecule has 1 aliphatic carbocycles. The van der Waals surface area contributed by atoms with E-state index in [9.17, 15) is 4.79 Å². The summed E-state index contributed by atoms with van der Waals surface area (Å²) in [6, 6.07) is 7.99. The number of nitrogens with zero attached hydrogens (tertiary/aromatic N) is 1.